The molecule has 0 fully saturated rings. The van der Waals surface area contributed by atoms with Gasteiger partial charge in [-0.15, -0.1) is 0 Å². The van der Waals surface area contributed by atoms with Crippen molar-refractivity contribution in [1.29, 1.82) is 0 Å². The van der Waals surface area contributed by atoms with Crippen molar-refractivity contribution < 1.29 is 13.2 Å². The molecule has 2 aromatic heterocycles. The Labute approximate surface area is 177 Å². The standard InChI is InChI=1S/C18H20ClN5O3S2/c1-2-3-9-24-15-7-6-12(29(20,26)27)10-14(15)23-18(24)28-11-16(25)22-13-5-4-8-21-17(13)19/h4-8,10H,2-3,9,11H2,1H3,(H,22,25)(H2,20,26,27). The number of nitrogens with zero attached hydrogens (tertiary/aromatic N) is 3. The second kappa shape index (κ2) is 9.12. The summed E-state index contributed by atoms with van der Waals surface area (Å²) in [5.74, 6) is -0.132. The van der Waals surface area contributed by atoms with Crippen molar-refractivity contribution in [1.82, 2.24) is 14.5 Å². The number of amides is 1. The van der Waals surface area contributed by atoms with Crippen LogP contribution in [0.4, 0.5) is 5.69 Å². The average Bonchev–Trinajstić information content (AvgIpc) is 3.02. The zero-order valence-corrected chi connectivity index (χ0v) is 18.0. The summed E-state index contributed by atoms with van der Waals surface area (Å²) in [7, 11) is -3.82. The molecule has 0 spiro atoms. The third-order valence-electron chi connectivity index (χ3n) is 4.11. The molecule has 0 aliphatic carbocycles. The predicted molar refractivity (Wildman–Crippen MR) is 115 cm³/mol. The van der Waals surface area contributed by atoms with Crippen molar-refractivity contribution in [3.8, 4) is 0 Å². The number of unbranched alkanes of at least 4 members (excludes halogenated alkanes) is 1. The van der Waals surface area contributed by atoms with Crippen LogP contribution in [-0.2, 0) is 21.4 Å². The minimum Gasteiger partial charge on any atom is -0.323 e. The van der Waals surface area contributed by atoms with Gasteiger partial charge in [0.2, 0.25) is 15.9 Å². The molecule has 154 valence electrons. The summed E-state index contributed by atoms with van der Waals surface area (Å²) in [6.45, 7) is 2.79. The van der Waals surface area contributed by atoms with Gasteiger partial charge >= 0.3 is 0 Å². The zero-order chi connectivity index (χ0) is 21.0. The Bertz CT molecular complexity index is 1150. The predicted octanol–water partition coefficient (Wildman–Crippen LogP) is 3.26. The molecule has 0 atom stereocenters. The molecular formula is C18H20ClN5O3S2. The lowest BCUT2D eigenvalue weighted by Crippen LogP contribution is -2.15. The molecule has 1 amide bonds. The summed E-state index contributed by atoms with van der Waals surface area (Å²) in [5, 5.41) is 8.79. The fraction of sp³-hybridized carbons (Fsp3) is 0.278. The lowest BCUT2D eigenvalue weighted by Gasteiger charge is -2.09. The van der Waals surface area contributed by atoms with Gasteiger partial charge in [0.05, 0.1) is 27.4 Å². The van der Waals surface area contributed by atoms with Gasteiger partial charge in [-0.1, -0.05) is 36.7 Å². The fourth-order valence-corrected chi connectivity index (χ4v) is 4.24. The minimum absolute atomic E-state index is 0.00524. The molecule has 3 N–H and O–H groups in total. The van der Waals surface area contributed by atoms with Gasteiger partial charge in [-0.2, -0.15) is 0 Å². The third kappa shape index (κ3) is 5.27. The lowest BCUT2D eigenvalue weighted by molar-refractivity contribution is -0.113. The summed E-state index contributed by atoms with van der Waals surface area (Å²) >= 11 is 7.23. The van der Waals surface area contributed by atoms with Crippen molar-refractivity contribution >= 4 is 56.0 Å². The number of primary sulfonamides is 1. The molecule has 3 rings (SSSR count). The SMILES string of the molecule is CCCCn1c(SCC(=O)Nc2cccnc2Cl)nc2cc(S(N)(=O)=O)ccc21. The van der Waals surface area contributed by atoms with Crippen LogP contribution in [0.2, 0.25) is 5.15 Å². The van der Waals surface area contributed by atoms with Crippen LogP contribution in [0.1, 0.15) is 19.8 Å². The number of thioether (sulfide) groups is 1. The monoisotopic (exact) mass is 453 g/mol. The van der Waals surface area contributed by atoms with Gasteiger partial charge in [-0.3, -0.25) is 4.79 Å². The second-order valence-corrected chi connectivity index (χ2v) is 9.14. The van der Waals surface area contributed by atoms with Gasteiger partial charge in [-0.05, 0) is 36.8 Å². The van der Waals surface area contributed by atoms with Crippen LogP contribution in [0.3, 0.4) is 0 Å². The molecule has 0 radical (unpaired) electrons. The van der Waals surface area contributed by atoms with Gasteiger partial charge in [0.15, 0.2) is 10.3 Å². The summed E-state index contributed by atoms with van der Waals surface area (Å²) in [6.07, 6.45) is 3.45. The molecular weight excluding hydrogens is 434 g/mol. The number of halogens is 1. The molecule has 0 saturated heterocycles. The number of carbonyl (C=O) groups is 1. The third-order valence-corrected chi connectivity index (χ3v) is 6.30. The highest BCUT2D eigenvalue weighted by molar-refractivity contribution is 7.99. The molecule has 0 aliphatic heterocycles. The van der Waals surface area contributed by atoms with Crippen LogP contribution >= 0.6 is 23.4 Å². The van der Waals surface area contributed by atoms with Crippen molar-refractivity contribution in [2.24, 2.45) is 5.14 Å². The van der Waals surface area contributed by atoms with E-state index in [0.29, 0.717) is 22.9 Å². The highest BCUT2D eigenvalue weighted by Crippen LogP contribution is 2.27. The Morgan fingerprint density at radius 2 is 2.14 bits per heavy atom. The van der Waals surface area contributed by atoms with Crippen molar-refractivity contribution in [2.45, 2.75) is 36.4 Å². The number of anilines is 1. The number of nitrogens with two attached hydrogens (primary N) is 1. The molecule has 11 heteroatoms. The smallest absolute Gasteiger partial charge is 0.238 e. The van der Waals surface area contributed by atoms with Crippen LogP contribution < -0.4 is 10.5 Å². The fourth-order valence-electron chi connectivity index (χ4n) is 2.70. The first-order valence-corrected chi connectivity index (χ1v) is 11.8. The van der Waals surface area contributed by atoms with Gasteiger partial charge in [-0.25, -0.2) is 23.5 Å². The Morgan fingerprint density at radius 1 is 1.34 bits per heavy atom. The maximum absolute atomic E-state index is 12.3. The van der Waals surface area contributed by atoms with Crippen LogP contribution in [0.15, 0.2) is 46.6 Å². The summed E-state index contributed by atoms with van der Waals surface area (Å²) in [4.78, 5) is 20.8. The van der Waals surface area contributed by atoms with E-state index in [0.717, 1.165) is 18.4 Å². The Kier molecular flexibility index (Phi) is 6.78. The van der Waals surface area contributed by atoms with Gasteiger partial charge < -0.3 is 9.88 Å². The van der Waals surface area contributed by atoms with E-state index < -0.39 is 10.0 Å². The van der Waals surface area contributed by atoms with E-state index in [1.807, 2.05) is 4.57 Å². The van der Waals surface area contributed by atoms with E-state index in [4.69, 9.17) is 16.7 Å². The first-order valence-electron chi connectivity index (χ1n) is 8.86. The Hall–Kier alpha value is -2.14. The highest BCUT2D eigenvalue weighted by Gasteiger charge is 2.16. The van der Waals surface area contributed by atoms with Crippen LogP contribution in [-0.4, -0.2) is 34.6 Å². The molecule has 3 aromatic rings. The number of nitrogens with one attached hydrogen (secondary N) is 1. The van der Waals surface area contributed by atoms with E-state index >= 15 is 0 Å². The summed E-state index contributed by atoms with van der Waals surface area (Å²) in [6, 6.07) is 7.96. The quantitative estimate of drug-likeness (QED) is 0.399. The van der Waals surface area contributed by atoms with E-state index in [-0.39, 0.29) is 21.7 Å². The van der Waals surface area contributed by atoms with Gasteiger partial charge in [0.25, 0.3) is 0 Å². The van der Waals surface area contributed by atoms with E-state index in [2.05, 4.69) is 22.2 Å². The molecule has 1 aromatic carbocycles. The number of rotatable bonds is 8. The number of aromatic nitrogens is 3. The zero-order valence-electron chi connectivity index (χ0n) is 15.6. The van der Waals surface area contributed by atoms with Crippen LogP contribution in [0.5, 0.6) is 0 Å². The largest absolute Gasteiger partial charge is 0.323 e. The lowest BCUT2D eigenvalue weighted by atomic mass is 10.3. The van der Waals surface area contributed by atoms with Crippen molar-refractivity contribution in [3.05, 3.63) is 41.7 Å². The molecule has 0 bridgehead atoms. The maximum Gasteiger partial charge on any atom is 0.238 e. The van der Waals surface area contributed by atoms with E-state index in [1.165, 1.54) is 23.9 Å². The van der Waals surface area contributed by atoms with Gasteiger partial charge in [0.1, 0.15) is 0 Å². The second-order valence-electron chi connectivity index (χ2n) is 6.27. The first-order chi connectivity index (χ1) is 13.8. The highest BCUT2D eigenvalue weighted by atomic mass is 35.5. The van der Waals surface area contributed by atoms with E-state index in [9.17, 15) is 13.2 Å². The molecule has 0 saturated carbocycles. The maximum atomic E-state index is 12.3. The van der Waals surface area contributed by atoms with Crippen molar-refractivity contribution in [2.75, 3.05) is 11.1 Å². The number of hydrogen-bond acceptors (Lipinski definition) is 6. The summed E-state index contributed by atoms with van der Waals surface area (Å²) in [5.41, 5.74) is 1.76. The normalized spacial score (nSPS) is 11.7. The minimum atomic E-state index is -3.82. The molecule has 2 heterocycles. The number of sulfonamides is 1. The number of pyridine rings is 1. The number of aryl methyl sites for hydroxylation is 1. The van der Waals surface area contributed by atoms with Crippen molar-refractivity contribution in [3.63, 3.8) is 0 Å². The molecule has 0 aliphatic rings. The van der Waals surface area contributed by atoms with Crippen LogP contribution in [0, 0.1) is 0 Å². The molecule has 29 heavy (non-hydrogen) atoms. The Morgan fingerprint density at radius 3 is 2.83 bits per heavy atom. The number of fused-ring (bicyclic) bond motifs is 1. The van der Waals surface area contributed by atoms with Gasteiger partial charge in [0, 0.05) is 12.7 Å². The van der Waals surface area contributed by atoms with E-state index in [1.54, 1.807) is 24.4 Å². The summed E-state index contributed by atoms with van der Waals surface area (Å²) < 4.78 is 25.2. The number of imidazole rings is 1. The molecule has 8 nitrogen and oxygen atoms in total. The number of benzene rings is 1. The average molecular weight is 454 g/mol. The first kappa shape index (κ1) is 21.6. The van der Waals surface area contributed by atoms with Crippen LogP contribution in [0.25, 0.3) is 11.0 Å². The topological polar surface area (TPSA) is 120 Å². The Balaban J connectivity index is 1.83. The number of carbonyl (C=O) groups excluding carboxylic acids is 1. The molecule has 0 unspecified atom stereocenters. The number of hydrogen-bond donors (Lipinski definition) is 2.